The molecule has 1 fully saturated rings. The average Bonchev–Trinajstić information content (AvgIpc) is 3.08. The quantitative estimate of drug-likeness (QED) is 0.737. The van der Waals surface area contributed by atoms with E-state index in [2.05, 4.69) is 47.9 Å². The van der Waals surface area contributed by atoms with Crippen LogP contribution in [-0.2, 0) is 0 Å². The zero-order chi connectivity index (χ0) is 18.4. The van der Waals surface area contributed by atoms with E-state index in [1.54, 1.807) is 23.8 Å². The van der Waals surface area contributed by atoms with Crippen LogP contribution in [0.1, 0.15) is 44.6 Å². The number of piperidine rings is 1. The smallest absolute Gasteiger partial charge is 0.123 e. The number of benzene rings is 2. The third-order valence-corrected chi connectivity index (χ3v) is 5.77. The highest BCUT2D eigenvalue weighted by atomic mass is 19.1. The van der Waals surface area contributed by atoms with Gasteiger partial charge in [-0.3, -0.25) is 0 Å². The Balaban J connectivity index is 0.000000236. The van der Waals surface area contributed by atoms with Gasteiger partial charge in [0.25, 0.3) is 0 Å². The van der Waals surface area contributed by atoms with Gasteiger partial charge in [-0.25, -0.2) is 4.39 Å². The van der Waals surface area contributed by atoms with Gasteiger partial charge in [0, 0.05) is 37.3 Å². The third kappa shape index (κ3) is 4.45. The number of nitrogens with zero attached hydrogens (tertiary/aromatic N) is 2. The van der Waals surface area contributed by atoms with Crippen LogP contribution in [0.4, 0.5) is 10.1 Å². The van der Waals surface area contributed by atoms with Crippen molar-refractivity contribution in [3.8, 4) is 0 Å². The van der Waals surface area contributed by atoms with Crippen molar-refractivity contribution in [3.05, 3.63) is 66.0 Å². The Morgan fingerprint density at radius 2 is 1.58 bits per heavy atom. The van der Waals surface area contributed by atoms with E-state index >= 15 is 0 Å². The monoisotopic (exact) mass is 354 g/mol. The molecule has 0 aromatic heterocycles. The van der Waals surface area contributed by atoms with E-state index in [-0.39, 0.29) is 5.82 Å². The lowest BCUT2D eigenvalue weighted by Gasteiger charge is -2.38. The number of rotatable bonds is 3. The first kappa shape index (κ1) is 18.9. The highest BCUT2D eigenvalue weighted by Gasteiger charge is 2.32. The number of hydrogen-bond acceptors (Lipinski definition) is 2. The van der Waals surface area contributed by atoms with Crippen molar-refractivity contribution < 1.29 is 4.39 Å². The molecule has 2 nitrogen and oxygen atoms in total. The topological polar surface area (TPSA) is 6.48 Å². The summed E-state index contributed by atoms with van der Waals surface area (Å²) in [6.45, 7) is 9.60. The second-order valence-corrected chi connectivity index (χ2v) is 7.28. The van der Waals surface area contributed by atoms with Gasteiger partial charge in [-0.2, -0.15) is 0 Å². The van der Waals surface area contributed by atoms with Crippen LogP contribution in [0.25, 0.3) is 0 Å². The van der Waals surface area contributed by atoms with Gasteiger partial charge in [0.15, 0.2) is 0 Å². The van der Waals surface area contributed by atoms with E-state index in [4.69, 9.17) is 0 Å². The number of halogens is 1. The summed E-state index contributed by atoms with van der Waals surface area (Å²) in [5.41, 5.74) is 3.10. The van der Waals surface area contributed by atoms with Gasteiger partial charge in [0.05, 0.1) is 0 Å². The zero-order valence-corrected chi connectivity index (χ0v) is 16.1. The van der Waals surface area contributed by atoms with E-state index in [0.717, 1.165) is 12.0 Å². The lowest BCUT2D eigenvalue weighted by molar-refractivity contribution is 0.219. The molecule has 1 unspecified atom stereocenters. The van der Waals surface area contributed by atoms with Crippen LogP contribution in [0, 0.1) is 5.82 Å². The summed E-state index contributed by atoms with van der Waals surface area (Å²) < 4.78 is 11.9. The minimum Gasteiger partial charge on any atom is -0.368 e. The minimum absolute atomic E-state index is 0.178. The molecule has 0 bridgehead atoms. The first-order valence-electron chi connectivity index (χ1n) is 10.0. The van der Waals surface area contributed by atoms with Crippen LogP contribution in [0.3, 0.4) is 0 Å². The Hall–Kier alpha value is -1.87. The van der Waals surface area contributed by atoms with E-state index in [9.17, 15) is 4.39 Å². The molecule has 0 N–H and O–H groups in total. The number of anilines is 1. The van der Waals surface area contributed by atoms with E-state index < -0.39 is 0 Å². The molecule has 2 heterocycles. The van der Waals surface area contributed by atoms with Gasteiger partial charge >= 0.3 is 0 Å². The number of fused-ring (bicyclic) bond motifs is 1. The fourth-order valence-electron chi connectivity index (χ4n) is 4.19. The molecule has 2 aromatic rings. The van der Waals surface area contributed by atoms with Gasteiger partial charge in [0.1, 0.15) is 5.82 Å². The highest BCUT2D eigenvalue weighted by molar-refractivity contribution is 5.60. The zero-order valence-electron chi connectivity index (χ0n) is 16.1. The van der Waals surface area contributed by atoms with Gasteiger partial charge < -0.3 is 9.80 Å². The maximum atomic E-state index is 11.9. The van der Waals surface area contributed by atoms with Gasteiger partial charge in [-0.1, -0.05) is 50.2 Å². The molecular formula is C23H31FN2. The van der Waals surface area contributed by atoms with E-state index in [0.29, 0.717) is 0 Å². The summed E-state index contributed by atoms with van der Waals surface area (Å²) in [7, 11) is 0. The standard InChI is InChI=1S/C17H26N2.C6H5F/c1-3-14-13-19(17-8-6-5-7-16(14)17)15-9-11-18(4-2)12-10-15;7-6-4-2-1-3-5-6/h5-8,14-15H,3-4,9-13H2,1-2H3;1-5H. The van der Waals surface area contributed by atoms with Crippen LogP contribution in [0.15, 0.2) is 54.6 Å². The predicted molar refractivity (Wildman–Crippen MR) is 108 cm³/mol. The molecule has 1 saturated heterocycles. The summed E-state index contributed by atoms with van der Waals surface area (Å²) >= 11 is 0. The fourth-order valence-corrected chi connectivity index (χ4v) is 4.19. The van der Waals surface area contributed by atoms with Crippen LogP contribution in [-0.4, -0.2) is 37.1 Å². The maximum Gasteiger partial charge on any atom is 0.123 e. The molecule has 26 heavy (non-hydrogen) atoms. The third-order valence-electron chi connectivity index (χ3n) is 5.77. The normalized spacial score (nSPS) is 20.4. The van der Waals surface area contributed by atoms with E-state index in [1.807, 2.05) is 0 Å². The molecule has 0 radical (unpaired) electrons. The highest BCUT2D eigenvalue weighted by Crippen LogP contribution is 2.40. The summed E-state index contributed by atoms with van der Waals surface area (Å²) in [4.78, 5) is 5.28. The van der Waals surface area contributed by atoms with Crippen molar-refractivity contribution in [1.82, 2.24) is 4.90 Å². The van der Waals surface area contributed by atoms with Gasteiger partial charge in [-0.05, 0) is 49.6 Å². The molecule has 0 saturated carbocycles. The maximum absolute atomic E-state index is 11.9. The van der Waals surface area contributed by atoms with Crippen molar-refractivity contribution >= 4 is 5.69 Å². The lowest BCUT2D eigenvalue weighted by atomic mass is 9.99. The largest absolute Gasteiger partial charge is 0.368 e. The molecular weight excluding hydrogens is 323 g/mol. The van der Waals surface area contributed by atoms with Crippen LogP contribution in [0.2, 0.25) is 0 Å². The molecule has 0 amide bonds. The molecule has 140 valence electrons. The summed E-state index contributed by atoms with van der Waals surface area (Å²) in [6.07, 6.45) is 3.93. The number of likely N-dealkylation sites (tertiary alicyclic amines) is 1. The Kier molecular flexibility index (Phi) is 6.67. The van der Waals surface area contributed by atoms with Crippen molar-refractivity contribution in [3.63, 3.8) is 0 Å². The SMILES string of the molecule is CCC1CN(C2CCN(CC)CC2)c2ccccc21.Fc1ccccc1. The van der Waals surface area contributed by atoms with Crippen molar-refractivity contribution in [2.75, 3.05) is 31.1 Å². The Morgan fingerprint density at radius 1 is 0.923 bits per heavy atom. The first-order valence-corrected chi connectivity index (χ1v) is 10.0. The lowest BCUT2D eigenvalue weighted by Crippen LogP contribution is -2.44. The van der Waals surface area contributed by atoms with Crippen LogP contribution < -0.4 is 4.90 Å². The molecule has 3 heteroatoms. The number of para-hydroxylation sites is 1. The van der Waals surface area contributed by atoms with Crippen molar-refractivity contribution in [1.29, 1.82) is 0 Å². The second-order valence-electron chi connectivity index (χ2n) is 7.28. The van der Waals surface area contributed by atoms with Gasteiger partial charge in [0.2, 0.25) is 0 Å². The molecule has 2 aliphatic rings. The predicted octanol–water partition coefficient (Wildman–Crippen LogP) is 5.31. The molecule has 2 aliphatic heterocycles. The second kappa shape index (κ2) is 9.18. The van der Waals surface area contributed by atoms with Crippen LogP contribution >= 0.6 is 0 Å². The molecule has 2 aromatic carbocycles. The first-order chi connectivity index (χ1) is 12.7. The van der Waals surface area contributed by atoms with E-state index in [1.165, 1.54) is 63.3 Å². The van der Waals surface area contributed by atoms with Crippen molar-refractivity contribution in [2.45, 2.75) is 45.1 Å². The summed E-state index contributed by atoms with van der Waals surface area (Å²) in [5, 5.41) is 0. The molecule has 0 spiro atoms. The van der Waals surface area contributed by atoms with Crippen LogP contribution in [0.5, 0.6) is 0 Å². The Morgan fingerprint density at radius 3 is 2.15 bits per heavy atom. The van der Waals surface area contributed by atoms with Crippen molar-refractivity contribution in [2.24, 2.45) is 0 Å². The average molecular weight is 355 g/mol. The molecule has 1 atom stereocenters. The number of hydrogen-bond donors (Lipinski definition) is 0. The molecule has 0 aliphatic carbocycles. The van der Waals surface area contributed by atoms with Gasteiger partial charge in [-0.15, -0.1) is 0 Å². The minimum atomic E-state index is -0.178. The Labute approximate surface area is 157 Å². The molecule has 4 rings (SSSR count). The fraction of sp³-hybridized carbons (Fsp3) is 0.478. The Bertz CT molecular complexity index is 665. The summed E-state index contributed by atoms with van der Waals surface area (Å²) in [6, 6.07) is 17.8. The summed E-state index contributed by atoms with van der Waals surface area (Å²) in [5.74, 6) is 0.572.